The lowest BCUT2D eigenvalue weighted by Gasteiger charge is -2.25. The Labute approximate surface area is 168 Å². The van der Waals surface area contributed by atoms with Crippen molar-refractivity contribution in [1.82, 2.24) is 14.6 Å². The molecule has 2 heterocycles. The molecule has 6 nitrogen and oxygen atoms in total. The molecule has 4 rings (SSSR count). The first kappa shape index (κ1) is 19.1. The van der Waals surface area contributed by atoms with Crippen molar-refractivity contribution < 1.29 is 12.8 Å². The molecule has 0 spiro atoms. The fraction of sp³-hybridized carbons (Fsp3) is 0.143. The smallest absolute Gasteiger partial charge is 0.266 e. The third-order valence-corrected chi connectivity index (χ3v) is 6.40. The second-order valence-corrected chi connectivity index (χ2v) is 8.68. The fourth-order valence-electron chi connectivity index (χ4n) is 3.19. The van der Waals surface area contributed by atoms with Crippen molar-refractivity contribution in [2.45, 2.75) is 25.3 Å². The molecule has 2 aromatic heterocycles. The first-order valence-electron chi connectivity index (χ1n) is 9.00. The highest BCUT2D eigenvalue weighted by Crippen LogP contribution is 2.27. The predicted molar refractivity (Wildman–Crippen MR) is 109 cm³/mol. The van der Waals surface area contributed by atoms with Crippen molar-refractivity contribution >= 4 is 21.4 Å². The van der Waals surface area contributed by atoms with Gasteiger partial charge in [0.1, 0.15) is 16.5 Å². The molecule has 0 saturated carbocycles. The fourth-order valence-corrected chi connectivity index (χ4v) is 4.63. The van der Waals surface area contributed by atoms with Crippen LogP contribution in [0.25, 0.3) is 5.65 Å². The molecule has 0 amide bonds. The molecule has 0 aliphatic heterocycles. The van der Waals surface area contributed by atoms with Crippen LogP contribution < -0.4 is 4.31 Å². The van der Waals surface area contributed by atoms with Gasteiger partial charge in [-0.25, -0.2) is 12.8 Å². The second-order valence-electron chi connectivity index (χ2n) is 6.82. The Morgan fingerprint density at radius 1 is 1.00 bits per heavy atom. The van der Waals surface area contributed by atoms with E-state index in [1.54, 1.807) is 23.5 Å². The molecule has 0 bridgehead atoms. The van der Waals surface area contributed by atoms with Crippen LogP contribution in [0.3, 0.4) is 0 Å². The van der Waals surface area contributed by atoms with E-state index < -0.39 is 15.8 Å². The number of rotatable bonds is 5. The van der Waals surface area contributed by atoms with E-state index in [4.69, 9.17) is 0 Å². The number of benzene rings is 2. The van der Waals surface area contributed by atoms with Crippen LogP contribution in [0.5, 0.6) is 0 Å². The van der Waals surface area contributed by atoms with E-state index >= 15 is 0 Å². The standard InChI is InChI=1S/C21H19FN4O2S/c1-15-5-3-6-17(11-15)13-26(19-8-4-7-18(22)12-19)29(27,28)20-9-10-21-24-23-16(2)25(21)14-20/h3-12,14H,13H2,1-2H3. The summed E-state index contributed by atoms with van der Waals surface area (Å²) in [6.07, 6.45) is 1.49. The molecule has 0 N–H and O–H groups in total. The predicted octanol–water partition coefficient (Wildman–Crippen LogP) is 3.88. The summed E-state index contributed by atoms with van der Waals surface area (Å²) in [5.74, 6) is 0.0742. The SMILES string of the molecule is Cc1cccc(CN(c2cccc(F)c2)S(=O)(=O)c2ccc3nnc(C)n3c2)c1. The van der Waals surface area contributed by atoms with Crippen LogP contribution in [0, 0.1) is 19.7 Å². The second kappa shape index (κ2) is 7.29. The van der Waals surface area contributed by atoms with E-state index in [1.807, 2.05) is 31.2 Å². The summed E-state index contributed by atoms with van der Waals surface area (Å²) in [4.78, 5) is 0.0739. The Morgan fingerprint density at radius 3 is 2.55 bits per heavy atom. The van der Waals surface area contributed by atoms with Gasteiger partial charge in [-0.15, -0.1) is 10.2 Å². The molecule has 4 aromatic rings. The number of anilines is 1. The molecule has 2 aromatic carbocycles. The molecular weight excluding hydrogens is 391 g/mol. The van der Waals surface area contributed by atoms with Crippen LogP contribution in [0.2, 0.25) is 0 Å². The van der Waals surface area contributed by atoms with E-state index in [9.17, 15) is 12.8 Å². The van der Waals surface area contributed by atoms with Gasteiger partial charge in [-0.2, -0.15) is 0 Å². The summed E-state index contributed by atoms with van der Waals surface area (Å²) >= 11 is 0. The first-order chi connectivity index (χ1) is 13.8. The van der Waals surface area contributed by atoms with Crippen molar-refractivity contribution in [3.05, 3.63) is 89.6 Å². The topological polar surface area (TPSA) is 67.6 Å². The van der Waals surface area contributed by atoms with Gasteiger partial charge in [-0.05, 0) is 49.7 Å². The molecule has 0 saturated heterocycles. The lowest BCUT2D eigenvalue weighted by molar-refractivity contribution is 0.589. The van der Waals surface area contributed by atoms with Crippen molar-refractivity contribution in [2.24, 2.45) is 0 Å². The molecule has 0 aliphatic carbocycles. The summed E-state index contributed by atoms with van der Waals surface area (Å²) in [5, 5.41) is 7.95. The van der Waals surface area contributed by atoms with Crippen LogP contribution in [0.1, 0.15) is 17.0 Å². The third kappa shape index (κ3) is 3.71. The van der Waals surface area contributed by atoms with E-state index in [2.05, 4.69) is 10.2 Å². The normalized spacial score (nSPS) is 11.7. The van der Waals surface area contributed by atoms with Crippen LogP contribution in [-0.2, 0) is 16.6 Å². The number of aryl methyl sites for hydroxylation is 2. The van der Waals surface area contributed by atoms with Gasteiger partial charge in [0, 0.05) is 6.20 Å². The summed E-state index contributed by atoms with van der Waals surface area (Å²) in [7, 11) is -3.98. The van der Waals surface area contributed by atoms with Crippen molar-refractivity contribution in [1.29, 1.82) is 0 Å². The largest absolute Gasteiger partial charge is 0.285 e. The number of sulfonamides is 1. The van der Waals surface area contributed by atoms with Crippen LogP contribution in [0.15, 0.2) is 71.8 Å². The monoisotopic (exact) mass is 410 g/mol. The van der Waals surface area contributed by atoms with E-state index in [-0.39, 0.29) is 17.1 Å². The molecular formula is C21H19FN4O2S. The van der Waals surface area contributed by atoms with Gasteiger partial charge >= 0.3 is 0 Å². The maximum atomic E-state index is 13.9. The lowest BCUT2D eigenvalue weighted by atomic mass is 10.1. The summed E-state index contributed by atoms with van der Waals surface area (Å²) in [6.45, 7) is 3.76. The van der Waals surface area contributed by atoms with Crippen LogP contribution in [-0.4, -0.2) is 23.0 Å². The van der Waals surface area contributed by atoms with E-state index in [1.165, 1.54) is 34.8 Å². The van der Waals surface area contributed by atoms with Gasteiger partial charge in [-0.3, -0.25) is 8.71 Å². The number of fused-ring (bicyclic) bond motifs is 1. The van der Waals surface area contributed by atoms with Crippen molar-refractivity contribution in [2.75, 3.05) is 4.31 Å². The number of aromatic nitrogens is 3. The van der Waals surface area contributed by atoms with E-state index in [0.29, 0.717) is 11.5 Å². The zero-order valence-corrected chi connectivity index (χ0v) is 16.8. The molecule has 0 fully saturated rings. The molecule has 0 aliphatic rings. The summed E-state index contributed by atoms with van der Waals surface area (Å²) in [5.41, 5.74) is 2.63. The molecule has 148 valence electrons. The van der Waals surface area contributed by atoms with Crippen LogP contribution in [0.4, 0.5) is 10.1 Å². The molecule has 0 atom stereocenters. The highest BCUT2D eigenvalue weighted by molar-refractivity contribution is 7.92. The molecule has 0 unspecified atom stereocenters. The van der Waals surface area contributed by atoms with Gasteiger partial charge in [-0.1, -0.05) is 35.9 Å². The zero-order chi connectivity index (χ0) is 20.6. The molecule has 29 heavy (non-hydrogen) atoms. The van der Waals surface area contributed by atoms with Gasteiger partial charge in [0.2, 0.25) is 0 Å². The Balaban J connectivity index is 1.84. The minimum absolute atomic E-state index is 0.0739. The van der Waals surface area contributed by atoms with E-state index in [0.717, 1.165) is 11.1 Å². The van der Waals surface area contributed by atoms with Gasteiger partial charge in [0.25, 0.3) is 10.0 Å². The summed E-state index contributed by atoms with van der Waals surface area (Å²) in [6, 6.07) is 16.2. The zero-order valence-electron chi connectivity index (χ0n) is 15.9. The maximum absolute atomic E-state index is 13.9. The first-order valence-corrected chi connectivity index (χ1v) is 10.4. The minimum Gasteiger partial charge on any atom is -0.285 e. The summed E-state index contributed by atoms with van der Waals surface area (Å²) < 4.78 is 43.8. The minimum atomic E-state index is -3.98. The number of halogens is 1. The Morgan fingerprint density at radius 2 is 1.79 bits per heavy atom. The molecule has 8 heteroatoms. The van der Waals surface area contributed by atoms with Gasteiger partial charge in [0.05, 0.1) is 12.2 Å². The Bertz CT molecular complexity index is 1300. The van der Waals surface area contributed by atoms with Crippen molar-refractivity contribution in [3.8, 4) is 0 Å². The number of hydrogen-bond acceptors (Lipinski definition) is 4. The number of nitrogens with zero attached hydrogens (tertiary/aromatic N) is 4. The Kier molecular flexibility index (Phi) is 4.79. The molecule has 0 radical (unpaired) electrons. The van der Waals surface area contributed by atoms with Crippen LogP contribution >= 0.6 is 0 Å². The third-order valence-electron chi connectivity index (χ3n) is 4.64. The quantitative estimate of drug-likeness (QED) is 0.501. The maximum Gasteiger partial charge on any atom is 0.266 e. The lowest BCUT2D eigenvalue weighted by Crippen LogP contribution is -2.31. The van der Waals surface area contributed by atoms with Crippen molar-refractivity contribution in [3.63, 3.8) is 0 Å². The Hall–Kier alpha value is -3.26. The number of hydrogen-bond donors (Lipinski definition) is 0. The highest BCUT2D eigenvalue weighted by Gasteiger charge is 2.26. The van der Waals surface area contributed by atoms with Gasteiger partial charge < -0.3 is 0 Å². The number of pyridine rings is 1. The average molecular weight is 410 g/mol. The average Bonchev–Trinajstić information content (AvgIpc) is 3.06. The van der Waals surface area contributed by atoms with Gasteiger partial charge in [0.15, 0.2) is 5.65 Å². The highest BCUT2D eigenvalue weighted by atomic mass is 32.2.